The van der Waals surface area contributed by atoms with Gasteiger partial charge in [-0.05, 0) is 18.6 Å². The van der Waals surface area contributed by atoms with Crippen LogP contribution in [0.5, 0.6) is 0 Å². The van der Waals surface area contributed by atoms with Gasteiger partial charge in [0, 0.05) is 11.8 Å². The Balaban J connectivity index is 3.32. The topological polar surface area (TPSA) is 32.9 Å². The van der Waals surface area contributed by atoms with E-state index in [1.807, 2.05) is 13.0 Å². The summed E-state index contributed by atoms with van der Waals surface area (Å²) < 4.78 is 0. The lowest BCUT2D eigenvalue weighted by atomic mass is 10.2. The maximum Gasteiger partial charge on any atom is 0.248 e. The van der Waals surface area contributed by atoms with Crippen LogP contribution in [0.15, 0.2) is 23.5 Å². The Kier molecular flexibility index (Phi) is 1.71. The minimum atomic E-state index is -0.0742. The number of H-pyrrole nitrogens is 1. The number of aryl methyl sites for hydroxylation is 1. The first-order valence-corrected chi connectivity index (χ1v) is 3.06. The van der Waals surface area contributed by atoms with E-state index >= 15 is 0 Å². The molecule has 1 aromatic rings. The van der Waals surface area contributed by atoms with Crippen molar-refractivity contribution in [3.05, 3.63) is 40.3 Å². The van der Waals surface area contributed by atoms with Gasteiger partial charge >= 0.3 is 0 Å². The van der Waals surface area contributed by atoms with E-state index in [2.05, 4.69) is 11.6 Å². The van der Waals surface area contributed by atoms with Gasteiger partial charge in [-0.15, -0.1) is 0 Å². The molecule has 1 rings (SSSR count). The Bertz CT molecular complexity index is 298. The molecule has 52 valence electrons. The van der Waals surface area contributed by atoms with Gasteiger partial charge in [0.15, 0.2) is 0 Å². The molecule has 1 heterocycles. The molecule has 0 amide bonds. The molecule has 10 heavy (non-hydrogen) atoms. The molecule has 1 aromatic heterocycles. The van der Waals surface area contributed by atoms with E-state index in [0.29, 0.717) is 0 Å². The first-order chi connectivity index (χ1) is 4.72. The number of aromatic amines is 1. The van der Waals surface area contributed by atoms with Crippen LogP contribution in [-0.2, 0) is 0 Å². The molecule has 0 atom stereocenters. The number of pyridine rings is 1. The van der Waals surface area contributed by atoms with E-state index in [-0.39, 0.29) is 5.56 Å². The molecular weight excluding hydrogens is 126 g/mol. The second kappa shape index (κ2) is 2.52. The summed E-state index contributed by atoms with van der Waals surface area (Å²) in [6.07, 6.45) is 1.66. The summed E-state index contributed by atoms with van der Waals surface area (Å²) >= 11 is 0. The van der Waals surface area contributed by atoms with Crippen LogP contribution in [0.25, 0.3) is 6.08 Å². The van der Waals surface area contributed by atoms with Crippen LogP contribution in [0.2, 0.25) is 0 Å². The molecular formula is C8H9NO. The highest BCUT2D eigenvalue weighted by molar-refractivity contribution is 5.46. The van der Waals surface area contributed by atoms with E-state index in [9.17, 15) is 4.79 Å². The molecule has 0 aliphatic rings. The molecule has 0 bridgehead atoms. The van der Waals surface area contributed by atoms with E-state index < -0.39 is 0 Å². The molecule has 2 nitrogen and oxygen atoms in total. The van der Waals surface area contributed by atoms with Gasteiger partial charge in [0.25, 0.3) is 0 Å². The van der Waals surface area contributed by atoms with Crippen LogP contribution in [0.4, 0.5) is 0 Å². The van der Waals surface area contributed by atoms with Crippen molar-refractivity contribution in [3.8, 4) is 0 Å². The summed E-state index contributed by atoms with van der Waals surface area (Å²) in [6.45, 7) is 5.40. The lowest BCUT2D eigenvalue weighted by Gasteiger charge is -1.92. The molecule has 1 N–H and O–H groups in total. The summed E-state index contributed by atoms with van der Waals surface area (Å²) in [5.41, 5.74) is 1.65. The summed E-state index contributed by atoms with van der Waals surface area (Å²) in [5.74, 6) is 0. The van der Waals surface area contributed by atoms with Crippen LogP contribution in [0.1, 0.15) is 11.3 Å². The molecule has 2 heteroatoms. The minimum absolute atomic E-state index is 0.0742. The van der Waals surface area contributed by atoms with Gasteiger partial charge in [-0.1, -0.05) is 12.7 Å². The Morgan fingerprint density at radius 1 is 1.60 bits per heavy atom. The predicted octanol–water partition coefficient (Wildman–Crippen LogP) is 1.33. The van der Waals surface area contributed by atoms with Crippen molar-refractivity contribution in [2.75, 3.05) is 0 Å². The fourth-order valence-corrected chi connectivity index (χ4v) is 0.827. The fourth-order valence-electron chi connectivity index (χ4n) is 0.827. The standard InChI is InChI=1S/C8H9NO/c1-3-7-4-6(2)9-8(10)5-7/h3-5H,1H2,2H3,(H,9,10). The number of nitrogens with one attached hydrogen (secondary N) is 1. The second-order valence-corrected chi connectivity index (χ2v) is 2.17. The van der Waals surface area contributed by atoms with Crippen LogP contribution >= 0.6 is 0 Å². The van der Waals surface area contributed by atoms with Gasteiger partial charge in [-0.2, -0.15) is 0 Å². The summed E-state index contributed by atoms with van der Waals surface area (Å²) in [4.78, 5) is 13.4. The van der Waals surface area contributed by atoms with Gasteiger partial charge in [0.05, 0.1) is 0 Å². The predicted molar refractivity (Wildman–Crippen MR) is 41.9 cm³/mol. The Labute approximate surface area is 59.2 Å². The maximum absolute atomic E-state index is 10.8. The molecule has 0 unspecified atom stereocenters. The van der Waals surface area contributed by atoms with Crippen LogP contribution in [0, 0.1) is 6.92 Å². The normalized spacial score (nSPS) is 9.30. The van der Waals surface area contributed by atoms with Crippen LogP contribution in [0.3, 0.4) is 0 Å². The maximum atomic E-state index is 10.8. The summed E-state index contributed by atoms with van der Waals surface area (Å²) in [6, 6.07) is 3.38. The third-order valence-electron chi connectivity index (χ3n) is 1.24. The SMILES string of the molecule is C=Cc1cc(C)[nH]c(=O)c1. The highest BCUT2D eigenvalue weighted by Crippen LogP contribution is 1.97. The third-order valence-corrected chi connectivity index (χ3v) is 1.24. The third kappa shape index (κ3) is 1.35. The van der Waals surface area contributed by atoms with Gasteiger partial charge in [0.2, 0.25) is 5.56 Å². The zero-order valence-corrected chi connectivity index (χ0v) is 5.85. The number of hydrogen-bond donors (Lipinski definition) is 1. The quantitative estimate of drug-likeness (QED) is 0.619. The van der Waals surface area contributed by atoms with Crippen LogP contribution < -0.4 is 5.56 Å². The number of hydrogen-bond acceptors (Lipinski definition) is 1. The smallest absolute Gasteiger partial charge is 0.248 e. The second-order valence-electron chi connectivity index (χ2n) is 2.17. The summed E-state index contributed by atoms with van der Waals surface area (Å²) in [5, 5.41) is 0. The largest absolute Gasteiger partial charge is 0.326 e. The lowest BCUT2D eigenvalue weighted by Crippen LogP contribution is -2.05. The molecule has 0 spiro atoms. The van der Waals surface area contributed by atoms with E-state index in [0.717, 1.165) is 11.3 Å². The van der Waals surface area contributed by atoms with Gasteiger partial charge in [0.1, 0.15) is 0 Å². The van der Waals surface area contributed by atoms with Gasteiger partial charge < -0.3 is 4.98 Å². The van der Waals surface area contributed by atoms with E-state index in [1.165, 1.54) is 6.07 Å². The first-order valence-electron chi connectivity index (χ1n) is 3.06. The van der Waals surface area contributed by atoms with Gasteiger partial charge in [-0.3, -0.25) is 4.79 Å². The average Bonchev–Trinajstić information content (AvgIpc) is 1.85. The first kappa shape index (κ1) is 6.81. The average molecular weight is 135 g/mol. The molecule has 0 aromatic carbocycles. The zero-order chi connectivity index (χ0) is 7.56. The summed E-state index contributed by atoms with van der Waals surface area (Å²) in [7, 11) is 0. The van der Waals surface area contributed by atoms with Crippen molar-refractivity contribution in [3.63, 3.8) is 0 Å². The van der Waals surface area contributed by atoms with Crippen molar-refractivity contribution in [2.24, 2.45) is 0 Å². The Morgan fingerprint density at radius 2 is 2.30 bits per heavy atom. The van der Waals surface area contributed by atoms with E-state index in [4.69, 9.17) is 0 Å². The number of aromatic nitrogens is 1. The monoisotopic (exact) mass is 135 g/mol. The van der Waals surface area contributed by atoms with Crippen molar-refractivity contribution in [1.29, 1.82) is 0 Å². The minimum Gasteiger partial charge on any atom is -0.326 e. The van der Waals surface area contributed by atoms with Gasteiger partial charge in [-0.25, -0.2) is 0 Å². The fraction of sp³-hybridized carbons (Fsp3) is 0.125. The Hall–Kier alpha value is -1.31. The molecule has 0 fully saturated rings. The van der Waals surface area contributed by atoms with Crippen LogP contribution in [-0.4, -0.2) is 4.98 Å². The van der Waals surface area contributed by atoms with Crippen molar-refractivity contribution in [2.45, 2.75) is 6.92 Å². The molecule has 0 saturated heterocycles. The molecule has 0 aliphatic heterocycles. The Morgan fingerprint density at radius 3 is 2.80 bits per heavy atom. The number of rotatable bonds is 1. The lowest BCUT2D eigenvalue weighted by molar-refractivity contribution is 1.14. The van der Waals surface area contributed by atoms with Crippen molar-refractivity contribution >= 4 is 6.08 Å². The van der Waals surface area contributed by atoms with Crippen molar-refractivity contribution in [1.82, 2.24) is 4.98 Å². The van der Waals surface area contributed by atoms with Crippen molar-refractivity contribution < 1.29 is 0 Å². The highest BCUT2D eigenvalue weighted by Gasteiger charge is 1.89. The molecule has 0 aliphatic carbocycles. The highest BCUT2D eigenvalue weighted by atomic mass is 16.1. The van der Waals surface area contributed by atoms with E-state index in [1.54, 1.807) is 6.08 Å². The molecule has 0 radical (unpaired) electrons. The molecule has 0 saturated carbocycles. The zero-order valence-electron chi connectivity index (χ0n) is 5.85.